The summed E-state index contributed by atoms with van der Waals surface area (Å²) >= 11 is 3.06. The fraction of sp³-hybridized carbons (Fsp3) is 0.692. The number of aromatic amines is 1. The number of H-pyrrole nitrogens is 1. The number of nitrogens with zero attached hydrogens (tertiary/aromatic N) is 2. The Morgan fingerprint density at radius 2 is 2.29 bits per heavy atom. The summed E-state index contributed by atoms with van der Waals surface area (Å²) in [6.07, 6.45) is 5.03. The molecule has 2 fully saturated rings. The van der Waals surface area contributed by atoms with Crippen LogP contribution in [0.2, 0.25) is 0 Å². The minimum absolute atomic E-state index is 0.0386. The first-order valence-corrected chi connectivity index (χ1v) is 7.95. The third-order valence-electron chi connectivity index (χ3n) is 4.88. The van der Waals surface area contributed by atoms with Gasteiger partial charge in [-0.15, -0.1) is 5.10 Å². The smallest absolute Gasteiger partial charge is 0.357 e. The van der Waals surface area contributed by atoms with E-state index in [4.69, 9.17) is 0 Å². The molecule has 2 bridgehead atoms. The van der Waals surface area contributed by atoms with Crippen LogP contribution in [-0.4, -0.2) is 27.1 Å². The lowest BCUT2D eigenvalue weighted by atomic mass is 9.84. The van der Waals surface area contributed by atoms with Gasteiger partial charge in [-0.25, -0.2) is 0 Å². The van der Waals surface area contributed by atoms with Crippen LogP contribution in [0.15, 0.2) is 4.47 Å². The largest absolute Gasteiger partial charge is 0.358 e. The van der Waals surface area contributed by atoms with Gasteiger partial charge in [0, 0.05) is 6.04 Å². The molecule has 2 saturated carbocycles. The van der Waals surface area contributed by atoms with Crippen molar-refractivity contribution in [1.29, 1.82) is 0 Å². The second-order valence-corrected chi connectivity index (χ2v) is 6.89. The quantitative estimate of drug-likeness (QED) is 0.639. The molecule has 2 N–H and O–H groups in total. The van der Waals surface area contributed by atoms with Gasteiger partial charge in [-0.05, 0) is 64.8 Å². The van der Waals surface area contributed by atoms with Gasteiger partial charge in [0.25, 0.3) is 5.91 Å². The second-order valence-electron chi connectivity index (χ2n) is 6.09. The Morgan fingerprint density at radius 3 is 2.81 bits per heavy atom. The average molecular weight is 357 g/mol. The Kier molecular flexibility index (Phi) is 3.73. The molecule has 8 heteroatoms. The van der Waals surface area contributed by atoms with Crippen LogP contribution in [0.5, 0.6) is 0 Å². The van der Waals surface area contributed by atoms with E-state index in [2.05, 4.69) is 31.4 Å². The number of halogens is 1. The Labute approximate surface area is 130 Å². The minimum Gasteiger partial charge on any atom is -0.358 e. The summed E-state index contributed by atoms with van der Waals surface area (Å²) in [5.41, 5.74) is 0.0386. The number of fused-ring (bicyclic) bond motifs is 2. The first kappa shape index (κ1) is 14.5. The number of rotatable bonds is 4. The monoisotopic (exact) mass is 356 g/mol. The molecule has 2 aliphatic rings. The number of amides is 1. The van der Waals surface area contributed by atoms with E-state index in [9.17, 15) is 14.9 Å². The molecule has 2 aliphatic carbocycles. The van der Waals surface area contributed by atoms with Crippen LogP contribution in [0.25, 0.3) is 0 Å². The van der Waals surface area contributed by atoms with Crippen molar-refractivity contribution in [1.82, 2.24) is 15.5 Å². The summed E-state index contributed by atoms with van der Waals surface area (Å²) < 4.78 is 0.102. The Hall–Kier alpha value is -1.44. The van der Waals surface area contributed by atoms with Gasteiger partial charge in [-0.2, -0.15) is 0 Å². The summed E-state index contributed by atoms with van der Waals surface area (Å²) in [5.74, 6) is 1.37. The SMILES string of the molecule is C[C@@H](NC(=O)c1n[nH]c([N+](=O)[O-])c1Br)[C@@H]1C[C@@H]2CC[C@@H]1C2. The van der Waals surface area contributed by atoms with E-state index in [1.165, 1.54) is 25.7 Å². The van der Waals surface area contributed by atoms with Gasteiger partial charge in [0.05, 0.1) is 0 Å². The average Bonchev–Trinajstić information content (AvgIpc) is 3.12. The van der Waals surface area contributed by atoms with Gasteiger partial charge >= 0.3 is 5.82 Å². The number of aromatic nitrogens is 2. The second kappa shape index (κ2) is 5.40. The van der Waals surface area contributed by atoms with Gasteiger partial charge in [0.2, 0.25) is 0 Å². The van der Waals surface area contributed by atoms with E-state index in [1.807, 2.05) is 6.92 Å². The zero-order valence-corrected chi connectivity index (χ0v) is 13.2. The van der Waals surface area contributed by atoms with E-state index >= 15 is 0 Å². The zero-order valence-electron chi connectivity index (χ0n) is 11.6. The summed E-state index contributed by atoms with van der Waals surface area (Å²) in [6, 6.07) is 0.0652. The fourth-order valence-electron chi connectivity index (χ4n) is 3.88. The Morgan fingerprint density at radius 1 is 1.52 bits per heavy atom. The molecule has 0 radical (unpaired) electrons. The van der Waals surface area contributed by atoms with Gasteiger partial charge in [-0.3, -0.25) is 4.79 Å². The molecule has 0 aromatic carbocycles. The summed E-state index contributed by atoms with van der Waals surface area (Å²) in [6.45, 7) is 2.01. The highest BCUT2D eigenvalue weighted by Gasteiger charge is 2.42. The molecule has 0 aliphatic heterocycles. The van der Waals surface area contributed by atoms with Crippen LogP contribution in [0.1, 0.15) is 43.1 Å². The van der Waals surface area contributed by atoms with Crippen molar-refractivity contribution in [2.45, 2.75) is 38.6 Å². The van der Waals surface area contributed by atoms with Crippen LogP contribution in [0.3, 0.4) is 0 Å². The molecule has 1 heterocycles. The predicted molar refractivity (Wildman–Crippen MR) is 78.8 cm³/mol. The maximum Gasteiger partial charge on any atom is 0.357 e. The normalized spacial score (nSPS) is 28.6. The number of nitrogens with one attached hydrogen (secondary N) is 2. The molecular formula is C13H17BrN4O3. The molecule has 1 amide bonds. The van der Waals surface area contributed by atoms with E-state index < -0.39 is 4.92 Å². The number of hydrogen-bond donors (Lipinski definition) is 2. The number of carbonyl (C=O) groups is 1. The highest BCUT2D eigenvalue weighted by atomic mass is 79.9. The van der Waals surface area contributed by atoms with E-state index in [0.29, 0.717) is 11.8 Å². The van der Waals surface area contributed by atoms with Crippen molar-refractivity contribution in [3.63, 3.8) is 0 Å². The molecule has 0 unspecified atom stereocenters. The standard InChI is InChI=1S/C13H17BrN4O3/c1-6(9-5-7-2-3-8(9)4-7)15-13(19)11-10(14)12(17-16-11)18(20)21/h6-9H,2-5H2,1H3,(H,15,19)(H,16,17)/t6-,7-,8-,9+/m1/s1. The third-order valence-corrected chi connectivity index (χ3v) is 5.63. The lowest BCUT2D eigenvalue weighted by molar-refractivity contribution is -0.390. The van der Waals surface area contributed by atoms with Crippen molar-refractivity contribution in [2.24, 2.45) is 17.8 Å². The molecule has 1 aromatic heterocycles. The molecule has 0 saturated heterocycles. The molecule has 21 heavy (non-hydrogen) atoms. The van der Waals surface area contributed by atoms with Crippen LogP contribution >= 0.6 is 15.9 Å². The third kappa shape index (κ3) is 2.56. The van der Waals surface area contributed by atoms with Crippen LogP contribution in [0.4, 0.5) is 5.82 Å². The maximum atomic E-state index is 12.2. The molecule has 4 atom stereocenters. The Balaban J connectivity index is 1.67. The topological polar surface area (TPSA) is 101 Å². The predicted octanol–water partition coefficient (Wildman–Crippen LogP) is 2.63. The molecule has 1 aromatic rings. The van der Waals surface area contributed by atoms with Crippen LogP contribution in [0, 0.1) is 27.9 Å². The lowest BCUT2D eigenvalue weighted by Gasteiger charge is -2.28. The van der Waals surface area contributed by atoms with E-state index in [1.54, 1.807) is 0 Å². The Bertz CT molecular complexity index is 588. The van der Waals surface area contributed by atoms with Gasteiger partial charge < -0.3 is 15.4 Å². The van der Waals surface area contributed by atoms with Crippen LogP contribution in [-0.2, 0) is 0 Å². The molecule has 7 nitrogen and oxygen atoms in total. The zero-order chi connectivity index (χ0) is 15.1. The van der Waals surface area contributed by atoms with Crippen molar-refractivity contribution in [3.05, 3.63) is 20.3 Å². The summed E-state index contributed by atoms with van der Waals surface area (Å²) in [7, 11) is 0. The first-order chi connectivity index (χ1) is 9.97. The molecule has 3 rings (SSSR count). The maximum absolute atomic E-state index is 12.2. The fourth-order valence-corrected chi connectivity index (χ4v) is 4.38. The highest BCUT2D eigenvalue weighted by Crippen LogP contribution is 2.49. The number of carbonyl (C=O) groups excluding carboxylic acids is 1. The van der Waals surface area contributed by atoms with Crippen LogP contribution < -0.4 is 5.32 Å². The molecule has 0 spiro atoms. The van der Waals surface area contributed by atoms with E-state index in [0.717, 1.165) is 5.92 Å². The number of nitro groups is 1. The molecular weight excluding hydrogens is 340 g/mol. The van der Waals surface area contributed by atoms with Crippen molar-refractivity contribution in [2.75, 3.05) is 0 Å². The van der Waals surface area contributed by atoms with Crippen molar-refractivity contribution in [3.8, 4) is 0 Å². The summed E-state index contributed by atoms with van der Waals surface area (Å²) in [4.78, 5) is 22.4. The van der Waals surface area contributed by atoms with Gasteiger partial charge in [0.1, 0.15) is 4.47 Å². The summed E-state index contributed by atoms with van der Waals surface area (Å²) in [5, 5.41) is 19.7. The van der Waals surface area contributed by atoms with E-state index in [-0.39, 0.29) is 27.9 Å². The lowest BCUT2D eigenvalue weighted by Crippen LogP contribution is -2.40. The van der Waals surface area contributed by atoms with Crippen molar-refractivity contribution < 1.29 is 9.72 Å². The van der Waals surface area contributed by atoms with Crippen molar-refractivity contribution >= 4 is 27.7 Å². The highest BCUT2D eigenvalue weighted by molar-refractivity contribution is 9.10. The molecule has 114 valence electrons. The van der Waals surface area contributed by atoms with Gasteiger partial charge in [-0.1, -0.05) is 11.5 Å². The first-order valence-electron chi connectivity index (χ1n) is 7.16. The number of hydrogen-bond acceptors (Lipinski definition) is 4. The minimum atomic E-state index is -0.604. The van der Waals surface area contributed by atoms with Gasteiger partial charge in [0.15, 0.2) is 5.69 Å².